The van der Waals surface area contributed by atoms with Gasteiger partial charge in [-0.05, 0) is 60.7 Å². The Balaban J connectivity index is 1.90. The number of rotatable bonds is 11. The quantitative estimate of drug-likeness (QED) is 0.384. The van der Waals surface area contributed by atoms with Crippen molar-refractivity contribution >= 4 is 23.4 Å². The van der Waals surface area contributed by atoms with Crippen molar-refractivity contribution in [2.24, 2.45) is 0 Å². The van der Waals surface area contributed by atoms with E-state index in [-0.39, 0.29) is 18.4 Å². The van der Waals surface area contributed by atoms with Gasteiger partial charge in [0.2, 0.25) is 5.91 Å². The number of benzene rings is 3. The number of amides is 2. The van der Waals surface area contributed by atoms with E-state index in [1.54, 1.807) is 23.1 Å². The first-order valence-electron chi connectivity index (χ1n) is 11.9. The first-order valence-corrected chi connectivity index (χ1v) is 12.3. The van der Waals surface area contributed by atoms with Gasteiger partial charge in [0.15, 0.2) is 6.61 Å². The molecule has 0 aliphatic rings. The van der Waals surface area contributed by atoms with E-state index < -0.39 is 6.04 Å². The number of aryl methyl sites for hydroxylation is 2. The molecule has 0 saturated carbocycles. The Morgan fingerprint density at radius 1 is 0.971 bits per heavy atom. The lowest BCUT2D eigenvalue weighted by molar-refractivity contribution is -0.142. The zero-order valence-electron chi connectivity index (χ0n) is 20.6. The van der Waals surface area contributed by atoms with Crippen LogP contribution in [0.1, 0.15) is 35.6 Å². The molecule has 184 valence electrons. The first-order chi connectivity index (χ1) is 16.9. The second kappa shape index (κ2) is 13.0. The minimum absolute atomic E-state index is 0.167. The van der Waals surface area contributed by atoms with Crippen molar-refractivity contribution < 1.29 is 14.3 Å². The highest BCUT2D eigenvalue weighted by molar-refractivity contribution is 6.31. The molecule has 1 unspecified atom stereocenters. The van der Waals surface area contributed by atoms with E-state index in [2.05, 4.69) is 5.32 Å². The van der Waals surface area contributed by atoms with Crippen LogP contribution < -0.4 is 10.1 Å². The lowest BCUT2D eigenvalue weighted by atomic mass is 10.0. The van der Waals surface area contributed by atoms with Crippen LogP contribution in [0.5, 0.6) is 5.75 Å². The second-order valence-electron chi connectivity index (χ2n) is 8.64. The number of hydrogen-bond donors (Lipinski definition) is 1. The topological polar surface area (TPSA) is 58.6 Å². The number of carbonyl (C=O) groups is 2. The van der Waals surface area contributed by atoms with Crippen LogP contribution in [0.3, 0.4) is 0 Å². The van der Waals surface area contributed by atoms with E-state index in [9.17, 15) is 9.59 Å². The van der Waals surface area contributed by atoms with Gasteiger partial charge >= 0.3 is 0 Å². The van der Waals surface area contributed by atoms with Crippen molar-refractivity contribution in [2.75, 3.05) is 13.2 Å². The Labute approximate surface area is 213 Å². The van der Waals surface area contributed by atoms with E-state index in [4.69, 9.17) is 16.3 Å². The molecular weight excluding hydrogens is 460 g/mol. The molecule has 0 aliphatic heterocycles. The summed E-state index contributed by atoms with van der Waals surface area (Å²) >= 11 is 6.12. The minimum atomic E-state index is -0.674. The summed E-state index contributed by atoms with van der Waals surface area (Å²) in [5.41, 5.74) is 3.91. The molecule has 3 aromatic carbocycles. The lowest BCUT2D eigenvalue weighted by Gasteiger charge is -2.32. The van der Waals surface area contributed by atoms with Gasteiger partial charge in [-0.1, -0.05) is 73.1 Å². The van der Waals surface area contributed by atoms with E-state index in [1.807, 2.05) is 75.4 Å². The molecule has 6 heteroatoms. The number of nitrogens with one attached hydrogen (secondary N) is 1. The summed E-state index contributed by atoms with van der Waals surface area (Å²) in [6.45, 7) is 6.58. The third-order valence-electron chi connectivity index (χ3n) is 5.91. The molecule has 2 amide bonds. The monoisotopic (exact) mass is 492 g/mol. The van der Waals surface area contributed by atoms with Crippen LogP contribution in [-0.4, -0.2) is 35.9 Å². The van der Waals surface area contributed by atoms with Gasteiger partial charge in [-0.2, -0.15) is 0 Å². The first kappa shape index (κ1) is 26.3. The molecule has 0 fully saturated rings. The molecule has 0 radical (unpaired) electrons. The van der Waals surface area contributed by atoms with E-state index in [0.717, 1.165) is 28.7 Å². The fourth-order valence-corrected chi connectivity index (χ4v) is 3.94. The molecule has 1 atom stereocenters. The van der Waals surface area contributed by atoms with Crippen LogP contribution in [0.25, 0.3) is 0 Å². The van der Waals surface area contributed by atoms with Crippen molar-refractivity contribution in [3.8, 4) is 5.75 Å². The van der Waals surface area contributed by atoms with Crippen molar-refractivity contribution in [1.82, 2.24) is 10.2 Å². The van der Waals surface area contributed by atoms with Gasteiger partial charge in [-0.25, -0.2) is 0 Å². The second-order valence-corrected chi connectivity index (χ2v) is 9.05. The van der Waals surface area contributed by atoms with Crippen molar-refractivity contribution in [1.29, 1.82) is 0 Å². The molecular formula is C29H33ClN2O3. The molecule has 3 rings (SSSR count). The van der Waals surface area contributed by atoms with Gasteiger partial charge in [0, 0.05) is 24.5 Å². The minimum Gasteiger partial charge on any atom is -0.484 e. The average molecular weight is 493 g/mol. The zero-order valence-corrected chi connectivity index (χ0v) is 21.3. The number of hydrogen-bond acceptors (Lipinski definition) is 3. The maximum Gasteiger partial charge on any atom is 0.261 e. The Morgan fingerprint density at radius 3 is 2.37 bits per heavy atom. The summed E-state index contributed by atoms with van der Waals surface area (Å²) in [6.07, 6.45) is 1.22. The predicted octanol–water partition coefficient (Wildman–Crippen LogP) is 5.50. The molecule has 3 aromatic rings. The highest BCUT2D eigenvalue weighted by atomic mass is 35.5. The van der Waals surface area contributed by atoms with Crippen LogP contribution >= 0.6 is 11.6 Å². The van der Waals surface area contributed by atoms with E-state index >= 15 is 0 Å². The third-order valence-corrected chi connectivity index (χ3v) is 6.34. The number of ether oxygens (including phenoxy) is 1. The molecule has 0 bridgehead atoms. The number of halogens is 1. The smallest absolute Gasteiger partial charge is 0.261 e. The van der Waals surface area contributed by atoms with Crippen molar-refractivity contribution in [2.45, 2.75) is 46.2 Å². The molecule has 0 aromatic heterocycles. The SMILES string of the molecule is CCCNC(=O)C(Cc1ccccc1)N(Cc1ccccc1C)C(=O)COc1ccc(Cl)c(C)c1. The molecule has 35 heavy (non-hydrogen) atoms. The number of carbonyl (C=O) groups excluding carboxylic acids is 2. The standard InChI is InChI=1S/C29H33ClN2O3/c1-4-16-31-29(34)27(18-23-11-6-5-7-12-23)32(19-24-13-9-8-10-21(24)2)28(33)20-35-25-14-15-26(30)22(3)17-25/h5-15,17,27H,4,16,18-20H2,1-3H3,(H,31,34). The largest absolute Gasteiger partial charge is 0.484 e. The average Bonchev–Trinajstić information content (AvgIpc) is 2.86. The Bertz CT molecular complexity index is 1130. The zero-order chi connectivity index (χ0) is 25.2. The third kappa shape index (κ3) is 7.59. The predicted molar refractivity (Wildman–Crippen MR) is 141 cm³/mol. The van der Waals surface area contributed by atoms with Crippen LogP contribution in [-0.2, 0) is 22.6 Å². The highest BCUT2D eigenvalue weighted by Crippen LogP contribution is 2.22. The summed E-state index contributed by atoms with van der Waals surface area (Å²) in [6, 6.07) is 22.3. The van der Waals surface area contributed by atoms with Gasteiger partial charge in [0.25, 0.3) is 5.91 Å². The molecule has 1 N–H and O–H groups in total. The van der Waals surface area contributed by atoms with Gasteiger partial charge < -0.3 is 15.0 Å². The Hall–Kier alpha value is -3.31. The van der Waals surface area contributed by atoms with Crippen molar-refractivity contribution in [3.05, 3.63) is 100 Å². The molecule has 0 aliphatic carbocycles. The van der Waals surface area contributed by atoms with E-state index in [1.165, 1.54) is 0 Å². The summed E-state index contributed by atoms with van der Waals surface area (Å²) in [5.74, 6) is 0.138. The van der Waals surface area contributed by atoms with Crippen LogP contribution in [0, 0.1) is 13.8 Å². The van der Waals surface area contributed by atoms with Gasteiger partial charge in [-0.3, -0.25) is 9.59 Å². The van der Waals surface area contributed by atoms with Gasteiger partial charge in [-0.15, -0.1) is 0 Å². The maximum absolute atomic E-state index is 13.6. The fourth-order valence-electron chi connectivity index (χ4n) is 3.83. The molecule has 0 saturated heterocycles. The molecule has 0 heterocycles. The number of nitrogens with zero attached hydrogens (tertiary/aromatic N) is 1. The van der Waals surface area contributed by atoms with Crippen molar-refractivity contribution in [3.63, 3.8) is 0 Å². The summed E-state index contributed by atoms with van der Waals surface area (Å²) in [7, 11) is 0. The normalized spacial score (nSPS) is 11.5. The van der Waals surface area contributed by atoms with Crippen LogP contribution in [0.4, 0.5) is 0 Å². The van der Waals surface area contributed by atoms with Gasteiger partial charge in [0.1, 0.15) is 11.8 Å². The molecule has 0 spiro atoms. The molecule has 5 nitrogen and oxygen atoms in total. The maximum atomic E-state index is 13.6. The Kier molecular flexibility index (Phi) is 9.74. The Morgan fingerprint density at radius 2 is 1.69 bits per heavy atom. The summed E-state index contributed by atoms with van der Waals surface area (Å²) < 4.78 is 5.83. The summed E-state index contributed by atoms with van der Waals surface area (Å²) in [5, 5.41) is 3.63. The summed E-state index contributed by atoms with van der Waals surface area (Å²) in [4.78, 5) is 28.6. The van der Waals surface area contributed by atoms with E-state index in [0.29, 0.717) is 30.3 Å². The van der Waals surface area contributed by atoms with Crippen LogP contribution in [0.2, 0.25) is 5.02 Å². The lowest BCUT2D eigenvalue weighted by Crippen LogP contribution is -2.51. The van der Waals surface area contributed by atoms with Gasteiger partial charge in [0.05, 0.1) is 0 Å². The van der Waals surface area contributed by atoms with Crippen LogP contribution in [0.15, 0.2) is 72.8 Å². The highest BCUT2D eigenvalue weighted by Gasteiger charge is 2.30. The fraction of sp³-hybridized carbons (Fsp3) is 0.310.